The van der Waals surface area contributed by atoms with Gasteiger partial charge < -0.3 is 15.0 Å². The minimum absolute atomic E-state index is 0.255. The van der Waals surface area contributed by atoms with Gasteiger partial charge in [-0.1, -0.05) is 164 Å². The smallest absolute Gasteiger partial charge is 0.196 e. The molecule has 1 atom stereocenters. The highest BCUT2D eigenvalue weighted by Crippen LogP contribution is 2.50. The number of nitrogens with one attached hydrogen (secondary N) is 1. The molecule has 0 amide bonds. The van der Waals surface area contributed by atoms with E-state index in [2.05, 4.69) is 198 Å². The van der Waals surface area contributed by atoms with E-state index in [0.717, 1.165) is 50.4 Å². The molecule has 1 aliphatic rings. The molecule has 1 heterocycles. The number of nitrogens with zero attached hydrogens (tertiary/aromatic N) is 1. The Morgan fingerprint density at radius 3 is 1.91 bits per heavy atom. The third-order valence-corrected chi connectivity index (χ3v) is 11.0. The van der Waals surface area contributed by atoms with E-state index >= 15 is 0 Å². The second-order valence-electron chi connectivity index (χ2n) is 14.1. The molecule has 254 valence electrons. The number of anilines is 4. The highest BCUT2D eigenvalue weighted by molar-refractivity contribution is 6.19. The molecule has 1 aliphatic heterocycles. The molecule has 1 unspecified atom stereocenters. The van der Waals surface area contributed by atoms with Crippen molar-refractivity contribution in [2.24, 2.45) is 0 Å². The summed E-state index contributed by atoms with van der Waals surface area (Å²) in [6, 6.07) is 70.0. The summed E-state index contributed by atoms with van der Waals surface area (Å²) in [5, 5.41) is 15.7. The summed E-state index contributed by atoms with van der Waals surface area (Å²) in [5.74, 6) is 0.908. The molecule has 1 N–H and O–H groups in total. The first kappa shape index (κ1) is 30.5. The van der Waals surface area contributed by atoms with Gasteiger partial charge in [-0.3, -0.25) is 0 Å². The largest absolute Gasteiger partial charge is 0.464 e. The lowest BCUT2D eigenvalue weighted by Gasteiger charge is -2.29. The van der Waals surface area contributed by atoms with Crippen molar-refractivity contribution >= 4 is 76.6 Å². The average molecular weight is 691 g/mol. The first-order chi connectivity index (χ1) is 26.8. The lowest BCUT2D eigenvalue weighted by molar-refractivity contribution is 0.262. The van der Waals surface area contributed by atoms with Crippen LogP contribution in [-0.2, 0) is 0 Å². The quantitative estimate of drug-likeness (QED) is 0.182. The van der Waals surface area contributed by atoms with Crippen LogP contribution in [0.25, 0.3) is 65.0 Å². The van der Waals surface area contributed by atoms with Crippen LogP contribution in [-0.4, -0.2) is 0 Å². The number of fused-ring (bicyclic) bond motifs is 9. The topological polar surface area (TPSA) is 24.5 Å². The molecule has 0 aromatic heterocycles. The van der Waals surface area contributed by atoms with Gasteiger partial charge in [0.2, 0.25) is 0 Å². The summed E-state index contributed by atoms with van der Waals surface area (Å²) in [6.45, 7) is 0. The molecule has 0 saturated carbocycles. The number of rotatable bonds is 5. The summed E-state index contributed by atoms with van der Waals surface area (Å²) in [4.78, 5) is 2.44. The van der Waals surface area contributed by atoms with Crippen LogP contribution in [0.3, 0.4) is 0 Å². The highest BCUT2D eigenvalue weighted by atomic mass is 16.5. The molecule has 54 heavy (non-hydrogen) atoms. The van der Waals surface area contributed by atoms with Crippen LogP contribution in [0.15, 0.2) is 194 Å². The average Bonchev–Trinajstić information content (AvgIpc) is 3.71. The summed E-state index contributed by atoms with van der Waals surface area (Å²) in [5.41, 5.74) is 7.89. The predicted molar refractivity (Wildman–Crippen MR) is 228 cm³/mol. The van der Waals surface area contributed by atoms with E-state index in [-0.39, 0.29) is 6.23 Å². The van der Waals surface area contributed by atoms with Crippen molar-refractivity contribution in [3.63, 3.8) is 0 Å². The Kier molecular flexibility index (Phi) is 6.93. The second kappa shape index (κ2) is 12.3. The molecule has 3 nitrogen and oxygen atoms in total. The maximum Gasteiger partial charge on any atom is 0.196 e. The van der Waals surface area contributed by atoms with Crippen LogP contribution < -0.4 is 15.0 Å². The first-order valence-corrected chi connectivity index (χ1v) is 18.5. The number of benzene rings is 10. The van der Waals surface area contributed by atoms with Crippen LogP contribution >= 0.6 is 0 Å². The van der Waals surface area contributed by atoms with Crippen LogP contribution in [0.5, 0.6) is 5.75 Å². The maximum atomic E-state index is 6.70. The van der Waals surface area contributed by atoms with E-state index in [1.807, 2.05) is 6.07 Å². The summed E-state index contributed by atoms with van der Waals surface area (Å²) in [6.07, 6.45) is -0.255. The van der Waals surface area contributed by atoms with Crippen molar-refractivity contribution in [3.05, 3.63) is 200 Å². The van der Waals surface area contributed by atoms with Crippen molar-refractivity contribution < 1.29 is 4.74 Å². The highest BCUT2D eigenvalue weighted by Gasteiger charge is 2.28. The van der Waals surface area contributed by atoms with Crippen LogP contribution in [0.2, 0.25) is 0 Å². The minimum Gasteiger partial charge on any atom is -0.464 e. The van der Waals surface area contributed by atoms with Crippen molar-refractivity contribution in [3.8, 4) is 16.9 Å². The molecule has 0 fully saturated rings. The van der Waals surface area contributed by atoms with E-state index in [1.165, 1.54) is 48.7 Å². The molecule has 0 radical (unpaired) electrons. The zero-order chi connectivity index (χ0) is 35.6. The Labute approximate surface area is 313 Å². The molecule has 3 heteroatoms. The fourth-order valence-corrected chi connectivity index (χ4v) is 8.51. The standard InChI is InChI=1S/C51H34N2O/c1-2-15-35(16-3-1)51-52-49-46-32-37(26-28-43(46)42-21-9-11-23-45(42)50(49)54-51)39-29-30-48(44-22-10-8-20-41(39)44)53(38-27-25-33-13-4-5-17-36(33)31-38)47-24-12-18-34-14-6-7-19-40(34)47/h1-32,51-52H. The van der Waals surface area contributed by atoms with Gasteiger partial charge >= 0.3 is 0 Å². The molecular weight excluding hydrogens is 657 g/mol. The van der Waals surface area contributed by atoms with Gasteiger partial charge in [0.15, 0.2) is 12.0 Å². The van der Waals surface area contributed by atoms with E-state index < -0.39 is 0 Å². The first-order valence-electron chi connectivity index (χ1n) is 18.5. The van der Waals surface area contributed by atoms with Crippen molar-refractivity contribution in [2.45, 2.75) is 6.23 Å². The number of hydrogen-bond donors (Lipinski definition) is 1. The van der Waals surface area contributed by atoms with E-state index in [1.54, 1.807) is 0 Å². The molecule has 11 rings (SSSR count). The Bertz CT molecular complexity index is 3070. The van der Waals surface area contributed by atoms with Crippen molar-refractivity contribution in [1.29, 1.82) is 0 Å². The molecule has 0 aliphatic carbocycles. The van der Waals surface area contributed by atoms with Gasteiger partial charge in [-0.05, 0) is 73.8 Å². The second-order valence-corrected chi connectivity index (χ2v) is 14.1. The Morgan fingerprint density at radius 2 is 1.06 bits per heavy atom. The Hall–Kier alpha value is -7.10. The van der Waals surface area contributed by atoms with Gasteiger partial charge in [-0.15, -0.1) is 0 Å². The molecule has 10 aromatic carbocycles. The minimum atomic E-state index is -0.255. The van der Waals surface area contributed by atoms with Gasteiger partial charge in [0.1, 0.15) is 0 Å². The fourth-order valence-electron chi connectivity index (χ4n) is 8.51. The van der Waals surface area contributed by atoms with Crippen LogP contribution in [0.1, 0.15) is 11.8 Å². The summed E-state index contributed by atoms with van der Waals surface area (Å²) < 4.78 is 6.70. The SMILES string of the molecule is c1ccc(C2Nc3c(c4ccccc4c4ccc(-c5ccc(N(c6ccc7ccccc7c6)c6cccc7ccccc67)c6ccccc56)cc34)O2)cc1. The predicted octanol–water partition coefficient (Wildman–Crippen LogP) is 14.1. The van der Waals surface area contributed by atoms with Gasteiger partial charge in [0.05, 0.1) is 17.1 Å². The molecule has 0 saturated heterocycles. The fraction of sp³-hybridized carbons (Fsp3) is 0.0196. The van der Waals surface area contributed by atoms with E-state index in [0.29, 0.717) is 0 Å². The van der Waals surface area contributed by atoms with E-state index in [4.69, 9.17) is 4.74 Å². The summed E-state index contributed by atoms with van der Waals surface area (Å²) in [7, 11) is 0. The maximum absolute atomic E-state index is 6.70. The van der Waals surface area contributed by atoms with Crippen LogP contribution in [0.4, 0.5) is 22.7 Å². The molecule has 10 aromatic rings. The molecule has 0 spiro atoms. The lowest BCUT2D eigenvalue weighted by Crippen LogP contribution is -2.11. The normalized spacial score (nSPS) is 13.7. The van der Waals surface area contributed by atoms with Crippen molar-refractivity contribution in [2.75, 3.05) is 10.2 Å². The third-order valence-electron chi connectivity index (χ3n) is 11.0. The zero-order valence-electron chi connectivity index (χ0n) is 29.4. The van der Waals surface area contributed by atoms with Crippen molar-refractivity contribution in [1.82, 2.24) is 0 Å². The summed E-state index contributed by atoms with van der Waals surface area (Å²) >= 11 is 0. The zero-order valence-corrected chi connectivity index (χ0v) is 29.4. The molecular formula is C51H34N2O. The van der Waals surface area contributed by atoms with Gasteiger partial charge in [-0.2, -0.15) is 0 Å². The van der Waals surface area contributed by atoms with Gasteiger partial charge in [0, 0.05) is 32.8 Å². The van der Waals surface area contributed by atoms with E-state index in [9.17, 15) is 0 Å². The number of hydrogen-bond acceptors (Lipinski definition) is 3. The van der Waals surface area contributed by atoms with Gasteiger partial charge in [-0.25, -0.2) is 0 Å². The number of ether oxygens (including phenoxy) is 1. The van der Waals surface area contributed by atoms with Gasteiger partial charge in [0.25, 0.3) is 0 Å². The third kappa shape index (κ3) is 4.83. The Balaban J connectivity index is 1.12. The lowest BCUT2D eigenvalue weighted by atomic mass is 9.92. The Morgan fingerprint density at radius 1 is 0.407 bits per heavy atom. The molecule has 0 bridgehead atoms. The monoisotopic (exact) mass is 690 g/mol. The van der Waals surface area contributed by atoms with Crippen LogP contribution in [0, 0.1) is 0 Å².